The summed E-state index contributed by atoms with van der Waals surface area (Å²) >= 11 is 4.84. The molecule has 0 saturated carbocycles. The van der Waals surface area contributed by atoms with Crippen LogP contribution in [0.3, 0.4) is 0 Å². The summed E-state index contributed by atoms with van der Waals surface area (Å²) in [5.74, 6) is 0. The van der Waals surface area contributed by atoms with Gasteiger partial charge in [-0.2, -0.15) is 0 Å². The fourth-order valence-corrected chi connectivity index (χ4v) is 0.570. The standard InChI is InChI=1S/C6H11NS/c1-5(2)4-6(8)7-3/h4H,1-3H3,(H,7,8). The smallest absolute Gasteiger partial charge is 0.0984 e. The fourth-order valence-electron chi connectivity index (χ4n) is 0.334. The number of rotatable bonds is 1. The number of likely N-dealkylation sites (N-methyl/N-ethyl adjacent to an activating group) is 1. The fraction of sp³-hybridized carbons (Fsp3) is 0.500. The lowest BCUT2D eigenvalue weighted by atomic mass is 10.3. The molecule has 0 aliphatic heterocycles. The Labute approximate surface area is 55.8 Å². The van der Waals surface area contributed by atoms with Crippen LogP contribution < -0.4 is 5.32 Å². The predicted molar refractivity (Wildman–Crippen MR) is 41.1 cm³/mol. The van der Waals surface area contributed by atoms with Crippen LogP contribution >= 0.6 is 12.2 Å². The molecule has 0 rings (SSSR count). The molecule has 2 heteroatoms. The molecular formula is C6H11NS. The van der Waals surface area contributed by atoms with Gasteiger partial charge in [0.05, 0.1) is 4.99 Å². The van der Waals surface area contributed by atoms with Crippen molar-refractivity contribution in [2.45, 2.75) is 13.8 Å². The van der Waals surface area contributed by atoms with Gasteiger partial charge in [0.2, 0.25) is 0 Å². The summed E-state index contributed by atoms with van der Waals surface area (Å²) in [6, 6.07) is 0. The Kier molecular flexibility index (Phi) is 3.44. The first-order valence-corrected chi connectivity index (χ1v) is 2.94. The summed E-state index contributed by atoms with van der Waals surface area (Å²) < 4.78 is 0. The van der Waals surface area contributed by atoms with Gasteiger partial charge in [-0.3, -0.25) is 0 Å². The Morgan fingerprint density at radius 1 is 1.50 bits per heavy atom. The molecule has 1 N–H and O–H groups in total. The first-order valence-electron chi connectivity index (χ1n) is 2.53. The van der Waals surface area contributed by atoms with E-state index in [-0.39, 0.29) is 0 Å². The third-order valence-corrected chi connectivity index (χ3v) is 0.988. The maximum atomic E-state index is 4.84. The normalized spacial score (nSPS) is 7.88. The quantitative estimate of drug-likeness (QED) is 0.425. The third kappa shape index (κ3) is 3.81. The maximum Gasteiger partial charge on any atom is 0.0984 e. The van der Waals surface area contributed by atoms with Crippen molar-refractivity contribution in [2.24, 2.45) is 0 Å². The highest BCUT2D eigenvalue weighted by Gasteiger charge is 1.81. The average Bonchev–Trinajstić information content (AvgIpc) is 1.65. The molecule has 0 atom stereocenters. The van der Waals surface area contributed by atoms with Gasteiger partial charge in [-0.15, -0.1) is 0 Å². The van der Waals surface area contributed by atoms with E-state index in [9.17, 15) is 0 Å². The van der Waals surface area contributed by atoms with Crippen LogP contribution in [0.5, 0.6) is 0 Å². The SMILES string of the molecule is CNC(=S)C=C(C)C. The van der Waals surface area contributed by atoms with E-state index in [0.717, 1.165) is 4.99 Å². The molecule has 0 aromatic carbocycles. The largest absolute Gasteiger partial charge is 0.379 e. The van der Waals surface area contributed by atoms with Gasteiger partial charge in [-0.1, -0.05) is 17.8 Å². The minimum absolute atomic E-state index is 0.796. The van der Waals surface area contributed by atoms with E-state index >= 15 is 0 Å². The molecule has 0 fully saturated rings. The monoisotopic (exact) mass is 129 g/mol. The number of hydrogen-bond acceptors (Lipinski definition) is 1. The van der Waals surface area contributed by atoms with Gasteiger partial charge >= 0.3 is 0 Å². The summed E-state index contributed by atoms with van der Waals surface area (Å²) in [6.45, 7) is 4.04. The molecule has 0 heterocycles. The zero-order valence-corrected chi connectivity index (χ0v) is 6.30. The van der Waals surface area contributed by atoms with Crippen LogP contribution in [0.2, 0.25) is 0 Å². The van der Waals surface area contributed by atoms with Crippen molar-refractivity contribution in [3.05, 3.63) is 11.6 Å². The molecule has 46 valence electrons. The Bertz CT molecular complexity index is 112. The van der Waals surface area contributed by atoms with Crippen LogP contribution in [-0.4, -0.2) is 12.0 Å². The molecule has 8 heavy (non-hydrogen) atoms. The first kappa shape index (κ1) is 7.63. The highest BCUT2D eigenvalue weighted by Crippen LogP contribution is 1.87. The van der Waals surface area contributed by atoms with E-state index in [0.29, 0.717) is 0 Å². The lowest BCUT2D eigenvalue weighted by Crippen LogP contribution is -2.11. The molecule has 0 radical (unpaired) electrons. The maximum absolute atomic E-state index is 4.84. The summed E-state index contributed by atoms with van der Waals surface area (Å²) in [6.07, 6.45) is 1.93. The van der Waals surface area contributed by atoms with Crippen LogP contribution in [0.1, 0.15) is 13.8 Å². The molecule has 0 unspecified atom stereocenters. The van der Waals surface area contributed by atoms with E-state index in [1.54, 1.807) is 0 Å². The first-order chi connectivity index (χ1) is 3.66. The van der Waals surface area contributed by atoms with Crippen molar-refractivity contribution in [3.63, 3.8) is 0 Å². The van der Waals surface area contributed by atoms with E-state index in [1.807, 2.05) is 27.0 Å². The van der Waals surface area contributed by atoms with Gasteiger partial charge in [0.25, 0.3) is 0 Å². The van der Waals surface area contributed by atoms with Gasteiger partial charge in [0.15, 0.2) is 0 Å². The van der Waals surface area contributed by atoms with E-state index in [4.69, 9.17) is 12.2 Å². The number of hydrogen-bond donors (Lipinski definition) is 1. The second-order valence-electron chi connectivity index (χ2n) is 1.84. The van der Waals surface area contributed by atoms with Crippen molar-refractivity contribution in [3.8, 4) is 0 Å². The minimum atomic E-state index is 0.796. The van der Waals surface area contributed by atoms with E-state index in [1.165, 1.54) is 5.57 Å². The second kappa shape index (κ2) is 3.61. The molecule has 0 aliphatic rings. The molecule has 0 aromatic heterocycles. The summed E-state index contributed by atoms with van der Waals surface area (Å²) in [5.41, 5.74) is 1.23. The zero-order chi connectivity index (χ0) is 6.57. The van der Waals surface area contributed by atoms with Crippen molar-refractivity contribution in [2.75, 3.05) is 7.05 Å². The van der Waals surface area contributed by atoms with E-state index < -0.39 is 0 Å². The molecule has 0 amide bonds. The topological polar surface area (TPSA) is 12.0 Å². The third-order valence-electron chi connectivity index (χ3n) is 0.666. The van der Waals surface area contributed by atoms with Crippen LogP contribution in [0.4, 0.5) is 0 Å². The van der Waals surface area contributed by atoms with Gasteiger partial charge in [0.1, 0.15) is 0 Å². The average molecular weight is 129 g/mol. The second-order valence-corrected chi connectivity index (χ2v) is 2.28. The molecule has 0 spiro atoms. The van der Waals surface area contributed by atoms with Gasteiger partial charge in [0, 0.05) is 7.05 Å². The van der Waals surface area contributed by atoms with Gasteiger partial charge in [-0.05, 0) is 19.9 Å². The van der Waals surface area contributed by atoms with Crippen molar-refractivity contribution in [1.82, 2.24) is 5.32 Å². The van der Waals surface area contributed by atoms with Crippen LogP contribution in [0.15, 0.2) is 11.6 Å². The predicted octanol–water partition coefficient (Wildman–Crippen LogP) is 1.50. The Balaban J connectivity index is 3.70. The van der Waals surface area contributed by atoms with Gasteiger partial charge in [-0.25, -0.2) is 0 Å². The molecular weight excluding hydrogens is 118 g/mol. The van der Waals surface area contributed by atoms with Crippen molar-refractivity contribution in [1.29, 1.82) is 0 Å². The molecule has 0 aliphatic carbocycles. The van der Waals surface area contributed by atoms with Crippen LogP contribution in [0.25, 0.3) is 0 Å². The molecule has 1 nitrogen and oxygen atoms in total. The zero-order valence-electron chi connectivity index (χ0n) is 5.49. The lowest BCUT2D eigenvalue weighted by molar-refractivity contribution is 1.21. The molecule has 0 bridgehead atoms. The number of nitrogens with one attached hydrogen (secondary N) is 1. The van der Waals surface area contributed by atoms with Crippen LogP contribution in [0, 0.1) is 0 Å². The minimum Gasteiger partial charge on any atom is -0.379 e. The number of allylic oxidation sites excluding steroid dienone is 1. The van der Waals surface area contributed by atoms with Crippen molar-refractivity contribution < 1.29 is 0 Å². The Hall–Kier alpha value is -0.370. The Morgan fingerprint density at radius 2 is 2.00 bits per heavy atom. The lowest BCUT2D eigenvalue weighted by Gasteiger charge is -1.93. The molecule has 0 aromatic rings. The summed E-state index contributed by atoms with van der Waals surface area (Å²) in [5, 5.41) is 2.85. The molecule has 0 saturated heterocycles. The van der Waals surface area contributed by atoms with Crippen molar-refractivity contribution >= 4 is 17.2 Å². The highest BCUT2D eigenvalue weighted by molar-refractivity contribution is 7.80. The van der Waals surface area contributed by atoms with Gasteiger partial charge < -0.3 is 5.32 Å². The van der Waals surface area contributed by atoms with Crippen LogP contribution in [-0.2, 0) is 0 Å². The summed E-state index contributed by atoms with van der Waals surface area (Å²) in [4.78, 5) is 0.796. The summed E-state index contributed by atoms with van der Waals surface area (Å²) in [7, 11) is 1.82. The Morgan fingerprint density at radius 3 is 2.12 bits per heavy atom. The van der Waals surface area contributed by atoms with E-state index in [2.05, 4.69) is 5.32 Å². The highest BCUT2D eigenvalue weighted by atomic mass is 32.1. The number of thiocarbonyl (C=S) groups is 1.